The second-order valence-corrected chi connectivity index (χ2v) is 5.99. The Hall–Kier alpha value is -3.36. The average molecular weight is 371 g/mol. The fourth-order valence-electron chi connectivity index (χ4n) is 2.50. The molecule has 9 nitrogen and oxygen atoms in total. The van der Waals surface area contributed by atoms with Gasteiger partial charge in [0.15, 0.2) is 0 Å². The van der Waals surface area contributed by atoms with E-state index in [2.05, 4.69) is 38.1 Å². The highest BCUT2D eigenvalue weighted by Gasteiger charge is 2.13. The van der Waals surface area contributed by atoms with Crippen LogP contribution >= 0.6 is 0 Å². The van der Waals surface area contributed by atoms with Gasteiger partial charge < -0.3 is 22.1 Å². The van der Waals surface area contributed by atoms with E-state index in [1.165, 1.54) is 12.3 Å². The van der Waals surface area contributed by atoms with Gasteiger partial charge >= 0.3 is 12.1 Å². The summed E-state index contributed by atoms with van der Waals surface area (Å²) in [5, 5.41) is 7.98. The molecule has 1 aromatic rings. The van der Waals surface area contributed by atoms with Gasteiger partial charge in [-0.3, -0.25) is 5.32 Å². The van der Waals surface area contributed by atoms with Crippen LogP contribution in [0.4, 0.5) is 21.1 Å². The molecule has 1 aliphatic carbocycles. The van der Waals surface area contributed by atoms with Crippen molar-refractivity contribution in [1.29, 1.82) is 0 Å². The molecule has 7 N–H and O–H groups in total. The molecule has 0 aromatic carbocycles. The third kappa shape index (κ3) is 5.84. The highest BCUT2D eigenvalue weighted by Crippen LogP contribution is 2.16. The average Bonchev–Trinajstić information content (AvgIpc) is 2.62. The molecule has 27 heavy (non-hydrogen) atoms. The number of pyridine rings is 1. The smallest absolute Gasteiger partial charge is 0.342 e. The van der Waals surface area contributed by atoms with Crippen LogP contribution in [0.3, 0.4) is 0 Å². The van der Waals surface area contributed by atoms with Crippen LogP contribution in [0.25, 0.3) is 0 Å². The molecule has 0 radical (unpaired) electrons. The van der Waals surface area contributed by atoms with Gasteiger partial charge in [0.1, 0.15) is 11.7 Å². The van der Waals surface area contributed by atoms with E-state index in [4.69, 9.17) is 11.5 Å². The minimum atomic E-state index is -0.559. The number of amidine groups is 1. The summed E-state index contributed by atoms with van der Waals surface area (Å²) in [6, 6.07) is 0.375. The molecule has 1 atom stereocenters. The van der Waals surface area contributed by atoms with Crippen LogP contribution in [-0.4, -0.2) is 35.5 Å². The molecule has 1 aliphatic rings. The maximum atomic E-state index is 12.2. The van der Waals surface area contributed by atoms with Crippen molar-refractivity contribution in [3.8, 4) is 0 Å². The van der Waals surface area contributed by atoms with Gasteiger partial charge in [-0.2, -0.15) is 4.99 Å². The third-order valence-electron chi connectivity index (χ3n) is 3.87. The molecule has 0 fully saturated rings. The van der Waals surface area contributed by atoms with Crippen LogP contribution in [0.1, 0.15) is 32.3 Å². The van der Waals surface area contributed by atoms with E-state index >= 15 is 0 Å². The lowest BCUT2D eigenvalue weighted by Gasteiger charge is -2.17. The van der Waals surface area contributed by atoms with Crippen molar-refractivity contribution in [2.45, 2.75) is 32.7 Å². The monoisotopic (exact) mass is 371 g/mol. The summed E-state index contributed by atoms with van der Waals surface area (Å²) in [5.74, 6) is 0.214. The summed E-state index contributed by atoms with van der Waals surface area (Å²) in [7, 11) is 0. The predicted molar refractivity (Wildman–Crippen MR) is 107 cm³/mol. The van der Waals surface area contributed by atoms with E-state index in [1.807, 2.05) is 13.0 Å². The fourth-order valence-corrected chi connectivity index (χ4v) is 2.50. The van der Waals surface area contributed by atoms with Gasteiger partial charge in [-0.05, 0) is 32.3 Å². The van der Waals surface area contributed by atoms with Crippen molar-refractivity contribution in [2.75, 3.05) is 17.6 Å². The van der Waals surface area contributed by atoms with E-state index in [9.17, 15) is 9.59 Å². The Labute approximate surface area is 158 Å². The Bertz CT molecular complexity index is 799. The van der Waals surface area contributed by atoms with Gasteiger partial charge in [0, 0.05) is 24.5 Å². The van der Waals surface area contributed by atoms with E-state index in [0.717, 1.165) is 18.4 Å². The minimum Gasteiger partial charge on any atom is -0.398 e. The molecule has 0 saturated heterocycles. The van der Waals surface area contributed by atoms with Crippen molar-refractivity contribution in [2.24, 2.45) is 10.7 Å². The number of nitrogens with two attached hydrogens (primary N) is 2. The van der Waals surface area contributed by atoms with Gasteiger partial charge in [0.2, 0.25) is 0 Å². The number of nitrogens with zero attached hydrogens (tertiary/aromatic N) is 2. The molecular weight excluding hydrogens is 346 g/mol. The molecular formula is C18H25N7O2. The van der Waals surface area contributed by atoms with Gasteiger partial charge in [-0.25, -0.2) is 14.6 Å². The van der Waals surface area contributed by atoms with E-state index < -0.39 is 12.1 Å². The first kappa shape index (κ1) is 20.0. The minimum absolute atomic E-state index is 0.0494. The zero-order valence-electron chi connectivity index (χ0n) is 15.5. The molecule has 144 valence electrons. The summed E-state index contributed by atoms with van der Waals surface area (Å²) in [6.07, 6.45) is 9.55. The number of urea groups is 2. The number of hydrogen-bond acceptors (Lipinski definition) is 4. The Kier molecular flexibility index (Phi) is 6.93. The zero-order chi connectivity index (χ0) is 19.8. The summed E-state index contributed by atoms with van der Waals surface area (Å²) in [4.78, 5) is 31.4. The first-order valence-electron chi connectivity index (χ1n) is 8.72. The Morgan fingerprint density at radius 2 is 2.15 bits per heavy atom. The summed E-state index contributed by atoms with van der Waals surface area (Å²) in [5.41, 5.74) is 13.4. The zero-order valence-corrected chi connectivity index (χ0v) is 15.5. The summed E-state index contributed by atoms with van der Waals surface area (Å²) >= 11 is 0. The topological polar surface area (TPSA) is 148 Å². The number of allylic oxidation sites excluding steroid dienone is 2. The highest BCUT2D eigenvalue weighted by atomic mass is 16.2. The second-order valence-electron chi connectivity index (χ2n) is 5.99. The molecule has 1 unspecified atom stereocenters. The van der Waals surface area contributed by atoms with Gasteiger partial charge in [-0.1, -0.05) is 18.2 Å². The SMILES string of the molecule is CCNC(=O)/N=C(/N)c1cnc(NC(=O)NC(C)C2=CCCC=C2)cc1N. The van der Waals surface area contributed by atoms with Crippen LogP contribution in [0.2, 0.25) is 0 Å². The van der Waals surface area contributed by atoms with Crippen molar-refractivity contribution in [3.05, 3.63) is 41.6 Å². The number of carbonyl (C=O) groups excluding carboxylic acids is 2. The molecule has 9 heteroatoms. The Morgan fingerprint density at radius 3 is 2.78 bits per heavy atom. The lowest BCUT2D eigenvalue weighted by Crippen LogP contribution is -2.37. The first-order valence-corrected chi connectivity index (χ1v) is 8.72. The molecule has 0 spiro atoms. The quantitative estimate of drug-likeness (QED) is 0.396. The first-order chi connectivity index (χ1) is 12.9. The number of aromatic nitrogens is 1. The summed E-state index contributed by atoms with van der Waals surface area (Å²) in [6.45, 7) is 4.11. The molecule has 0 saturated carbocycles. The van der Waals surface area contributed by atoms with Crippen molar-refractivity contribution in [3.63, 3.8) is 0 Å². The molecule has 0 bridgehead atoms. The molecule has 2 rings (SSSR count). The predicted octanol–water partition coefficient (Wildman–Crippen LogP) is 1.88. The van der Waals surface area contributed by atoms with Crippen LogP contribution in [0, 0.1) is 0 Å². The van der Waals surface area contributed by atoms with Crippen molar-refractivity contribution < 1.29 is 9.59 Å². The molecule has 4 amide bonds. The van der Waals surface area contributed by atoms with Gasteiger partial charge in [0.05, 0.1) is 11.6 Å². The number of nitrogens with one attached hydrogen (secondary N) is 3. The lowest BCUT2D eigenvalue weighted by atomic mass is 10.0. The van der Waals surface area contributed by atoms with E-state index in [1.54, 1.807) is 6.92 Å². The van der Waals surface area contributed by atoms with Crippen molar-refractivity contribution >= 4 is 29.4 Å². The number of anilines is 2. The van der Waals surface area contributed by atoms with Crippen LogP contribution in [0.15, 0.2) is 41.1 Å². The number of amides is 4. The molecule has 0 aliphatic heterocycles. The maximum Gasteiger partial charge on any atom is 0.342 e. The normalized spacial score (nSPS) is 14.9. The largest absolute Gasteiger partial charge is 0.398 e. The number of hydrogen-bond donors (Lipinski definition) is 5. The van der Waals surface area contributed by atoms with Crippen molar-refractivity contribution in [1.82, 2.24) is 15.6 Å². The molecule has 1 aromatic heterocycles. The number of aliphatic imine (C=N–C) groups is 1. The standard InChI is InChI=1S/C18H25N7O2/c1-3-21-17(26)25-16(20)13-10-22-15(9-14(13)19)24-18(27)23-11(2)12-7-5-4-6-8-12/h5,7-11H,3-4,6H2,1-2H3,(H3,20,21,25,26)(H4,19,22,23,24,27). The van der Waals surface area contributed by atoms with Crippen LogP contribution in [-0.2, 0) is 0 Å². The lowest BCUT2D eigenvalue weighted by molar-refractivity contribution is 0.249. The number of nitrogen functional groups attached to an aromatic ring is 1. The fraction of sp³-hybridized carbons (Fsp3) is 0.333. The van der Waals surface area contributed by atoms with E-state index in [0.29, 0.717) is 12.1 Å². The summed E-state index contributed by atoms with van der Waals surface area (Å²) < 4.78 is 0. The second kappa shape index (κ2) is 9.37. The van der Waals surface area contributed by atoms with Gasteiger partial charge in [-0.15, -0.1) is 0 Å². The third-order valence-corrected chi connectivity index (χ3v) is 3.87. The van der Waals surface area contributed by atoms with E-state index in [-0.39, 0.29) is 23.4 Å². The van der Waals surface area contributed by atoms with Gasteiger partial charge in [0.25, 0.3) is 0 Å². The molecule has 1 heterocycles. The number of carbonyl (C=O) groups is 2. The van der Waals surface area contributed by atoms with Crippen LogP contribution < -0.4 is 27.4 Å². The number of rotatable bonds is 5. The highest BCUT2D eigenvalue weighted by molar-refractivity contribution is 6.07. The Morgan fingerprint density at radius 1 is 1.37 bits per heavy atom. The Balaban J connectivity index is 2.00. The maximum absolute atomic E-state index is 12.2. The van der Waals surface area contributed by atoms with Crippen LogP contribution in [0.5, 0.6) is 0 Å².